The van der Waals surface area contributed by atoms with Gasteiger partial charge in [0.2, 0.25) is 0 Å². The van der Waals surface area contributed by atoms with Gasteiger partial charge in [0.15, 0.2) is 31.5 Å². The van der Waals surface area contributed by atoms with E-state index in [0.717, 1.165) is 51.4 Å². The molecule has 0 unspecified atom stereocenters. The standard InChI is InChI=1S/C55H92O23/c1-24-33(59)37(63)40(66)44(72-24)78-43-39(65)35(61)26(21-57)74-47(43)75-27-22-70-46(42(36(27)62)77-45-41(67)38(64)34(60)25(20-56)73-45)76-32-12-13-51(5)28(49(32,2)3)10-14-52(6)29(51)11-15-55-30-18-50(4,48(68-8)69-9)16-17-54(30,23-71-55)31(58)19-53(52,55)7/h24-48,56-67H,10-23H2,1-9H3/t24-,25-,26+,27-,28-,29+,30+,31+,32-,33-,34-,35+,36+,37+,38+,39-,40+,41-,42+,43+,44-,45+,46-,47-,50-,51-,52+,53-,54+,55-/m0/s1. The lowest BCUT2D eigenvalue weighted by molar-refractivity contribution is -0.394. The van der Waals surface area contributed by atoms with Crippen molar-refractivity contribution in [1.29, 1.82) is 0 Å². The first-order chi connectivity index (χ1) is 36.7. The lowest BCUT2D eigenvalue weighted by Gasteiger charge is -2.75. The van der Waals surface area contributed by atoms with E-state index >= 15 is 0 Å². The minimum Gasteiger partial charge on any atom is -0.394 e. The van der Waals surface area contributed by atoms with E-state index in [-0.39, 0.29) is 51.1 Å². The highest BCUT2D eigenvalue weighted by molar-refractivity contribution is 5.28. The summed E-state index contributed by atoms with van der Waals surface area (Å²) in [5, 5.41) is 132. The van der Waals surface area contributed by atoms with E-state index in [2.05, 4.69) is 41.5 Å². The summed E-state index contributed by atoms with van der Waals surface area (Å²) >= 11 is 0. The maximum Gasteiger partial charge on any atom is 0.187 e. The topological polar surface area (TPSA) is 344 Å². The molecule has 78 heavy (non-hydrogen) atoms. The number of hydrogen-bond acceptors (Lipinski definition) is 23. The molecule has 2 bridgehead atoms. The van der Waals surface area contributed by atoms with E-state index in [1.165, 1.54) is 6.92 Å². The number of ether oxygens (including phenoxy) is 11. The van der Waals surface area contributed by atoms with Crippen molar-refractivity contribution < 1.29 is 113 Å². The summed E-state index contributed by atoms with van der Waals surface area (Å²) in [6, 6.07) is 0. The Labute approximate surface area is 456 Å². The molecule has 0 aromatic rings. The Morgan fingerprint density at radius 2 is 1.13 bits per heavy atom. The molecular weight excluding hydrogens is 1030 g/mol. The van der Waals surface area contributed by atoms with Gasteiger partial charge in [-0.25, -0.2) is 0 Å². The molecule has 23 heteroatoms. The highest BCUT2D eigenvalue weighted by Gasteiger charge is 2.80. The molecule has 0 amide bonds. The molecular formula is C55H92O23. The van der Waals surface area contributed by atoms with Crippen molar-refractivity contribution >= 4 is 0 Å². The third kappa shape index (κ3) is 8.99. The second kappa shape index (κ2) is 21.5. The molecule has 30 atom stereocenters. The number of aliphatic hydroxyl groups is 12. The summed E-state index contributed by atoms with van der Waals surface area (Å²) in [5.41, 5.74) is -2.25. The third-order valence-electron chi connectivity index (χ3n) is 23.0. The van der Waals surface area contributed by atoms with E-state index in [1.807, 2.05) is 0 Å². The molecule has 1 spiro atoms. The molecule has 5 aliphatic carbocycles. The molecule has 5 aliphatic heterocycles. The van der Waals surface area contributed by atoms with Crippen LogP contribution in [0.25, 0.3) is 0 Å². The van der Waals surface area contributed by atoms with Crippen LogP contribution >= 0.6 is 0 Å². The highest BCUT2D eigenvalue weighted by atomic mass is 16.8. The Morgan fingerprint density at radius 1 is 0.538 bits per heavy atom. The number of methoxy groups -OCH3 is 2. The van der Waals surface area contributed by atoms with Crippen molar-refractivity contribution in [2.45, 2.75) is 253 Å². The zero-order chi connectivity index (χ0) is 56.6. The van der Waals surface area contributed by atoms with Crippen LogP contribution in [-0.4, -0.2) is 243 Å². The van der Waals surface area contributed by atoms with Gasteiger partial charge < -0.3 is 113 Å². The number of hydrogen-bond donors (Lipinski definition) is 12. The molecule has 0 aromatic heterocycles. The smallest absolute Gasteiger partial charge is 0.187 e. The Bertz CT molecular complexity index is 2090. The molecule has 0 aromatic carbocycles. The molecule has 23 nitrogen and oxygen atoms in total. The molecule has 5 saturated heterocycles. The molecule has 12 N–H and O–H groups in total. The molecule has 5 saturated carbocycles. The largest absolute Gasteiger partial charge is 0.394 e. The van der Waals surface area contributed by atoms with Crippen molar-refractivity contribution in [1.82, 2.24) is 0 Å². The Hall–Kier alpha value is -0.920. The number of aliphatic hydroxyl groups excluding tert-OH is 12. The van der Waals surface area contributed by atoms with E-state index < -0.39 is 160 Å². The van der Waals surface area contributed by atoms with Crippen LogP contribution in [0.3, 0.4) is 0 Å². The van der Waals surface area contributed by atoms with Crippen LogP contribution in [0.2, 0.25) is 0 Å². The molecule has 10 fully saturated rings. The average molecular weight is 1120 g/mol. The summed E-state index contributed by atoms with van der Waals surface area (Å²) in [6.45, 7) is 14.0. The summed E-state index contributed by atoms with van der Waals surface area (Å²) in [5.74, 6) is 0.531. The molecule has 450 valence electrons. The Morgan fingerprint density at radius 3 is 1.77 bits per heavy atom. The van der Waals surface area contributed by atoms with E-state index in [9.17, 15) is 61.3 Å². The fourth-order valence-electron chi connectivity index (χ4n) is 18.4. The van der Waals surface area contributed by atoms with Crippen molar-refractivity contribution in [2.75, 3.05) is 40.6 Å². The van der Waals surface area contributed by atoms with Crippen LogP contribution < -0.4 is 0 Å². The normalized spacial score (nSPS) is 56.8. The van der Waals surface area contributed by atoms with E-state index in [1.54, 1.807) is 14.2 Å². The van der Waals surface area contributed by atoms with Crippen molar-refractivity contribution in [3.63, 3.8) is 0 Å². The van der Waals surface area contributed by atoms with Crippen LogP contribution in [-0.2, 0) is 52.1 Å². The first-order valence-electron chi connectivity index (χ1n) is 28.6. The van der Waals surface area contributed by atoms with Gasteiger partial charge >= 0.3 is 0 Å². The van der Waals surface area contributed by atoms with Gasteiger partial charge in [0.05, 0.1) is 50.3 Å². The number of rotatable bonds is 13. The van der Waals surface area contributed by atoms with Crippen LogP contribution in [0.15, 0.2) is 0 Å². The summed E-state index contributed by atoms with van der Waals surface area (Å²) in [7, 11) is 3.40. The molecule has 5 heterocycles. The number of fused-ring (bicyclic) bond motifs is 4. The Balaban J connectivity index is 0.901. The quantitative estimate of drug-likeness (QED) is 0.0771. The van der Waals surface area contributed by atoms with Gasteiger partial charge in [-0.1, -0.05) is 41.5 Å². The monoisotopic (exact) mass is 1120 g/mol. The predicted octanol–water partition coefficient (Wildman–Crippen LogP) is -1.08. The summed E-state index contributed by atoms with van der Waals surface area (Å²) < 4.78 is 68.4. The summed E-state index contributed by atoms with van der Waals surface area (Å²) in [4.78, 5) is 0. The van der Waals surface area contributed by atoms with E-state index in [4.69, 9.17) is 52.1 Å². The van der Waals surface area contributed by atoms with Crippen LogP contribution in [0.1, 0.15) is 113 Å². The molecule has 0 radical (unpaired) electrons. The minimum absolute atomic E-state index is 0.130. The van der Waals surface area contributed by atoms with Gasteiger partial charge in [-0.15, -0.1) is 0 Å². The first-order valence-corrected chi connectivity index (χ1v) is 28.6. The zero-order valence-corrected chi connectivity index (χ0v) is 46.7. The fourth-order valence-corrected chi connectivity index (χ4v) is 18.4. The van der Waals surface area contributed by atoms with Crippen molar-refractivity contribution in [3.05, 3.63) is 0 Å². The third-order valence-corrected chi connectivity index (χ3v) is 23.0. The van der Waals surface area contributed by atoms with Gasteiger partial charge in [0.25, 0.3) is 0 Å². The first kappa shape index (κ1) is 60.2. The molecule has 10 rings (SSSR count). The second-order valence-corrected chi connectivity index (χ2v) is 26.9. The van der Waals surface area contributed by atoms with Gasteiger partial charge in [-0.05, 0) is 105 Å². The SMILES string of the molecule is COC(OC)[C@@]1(C)CC[C@]23CO[C@@]4(CC[C@@H]5[C@@]6(C)CC[C@H](O[C@@H]7OC[C@H](O[C@@H]8O[C@H](CO)[C@@H](O)[C@H](O)[C@H]8O[C@@H]8O[C@@H](C)[C@H](O)[C@@H](O)[C@H]8O)[C@@H](O)[C@H]7O[C@H]7O[C@@H](CO)[C@H](O)[C@@H](O)[C@@H]7O)C(C)(C)[C@@H]6CC[C@@]5(C)[C@]4(C)C[C@H]2O)[C@@H]3C1. The maximum atomic E-state index is 12.5. The van der Waals surface area contributed by atoms with Crippen molar-refractivity contribution in [2.24, 2.45) is 50.2 Å². The average Bonchev–Trinajstić information content (AvgIpc) is 3.26. The maximum absolute atomic E-state index is 12.5. The highest BCUT2D eigenvalue weighted by Crippen LogP contribution is 2.81. The molecule has 10 aliphatic rings. The lowest BCUT2D eigenvalue weighted by Crippen LogP contribution is -2.74. The van der Waals surface area contributed by atoms with E-state index in [0.29, 0.717) is 19.4 Å². The minimum atomic E-state index is -1.89. The predicted molar refractivity (Wildman–Crippen MR) is 267 cm³/mol. The van der Waals surface area contributed by atoms with Gasteiger partial charge in [-0.3, -0.25) is 0 Å². The van der Waals surface area contributed by atoms with Crippen LogP contribution in [0.5, 0.6) is 0 Å². The van der Waals surface area contributed by atoms with Crippen LogP contribution in [0, 0.1) is 50.2 Å². The van der Waals surface area contributed by atoms with Crippen molar-refractivity contribution in [3.8, 4) is 0 Å². The second-order valence-electron chi connectivity index (χ2n) is 26.9. The summed E-state index contributed by atoms with van der Waals surface area (Å²) in [6.07, 6.45) is -24.3. The zero-order valence-electron chi connectivity index (χ0n) is 46.7. The van der Waals surface area contributed by atoms with Gasteiger partial charge in [0.1, 0.15) is 85.5 Å². The lowest BCUT2D eigenvalue weighted by atomic mass is 9.30. The van der Waals surface area contributed by atoms with Gasteiger partial charge in [0, 0.05) is 30.5 Å². The Kier molecular flexibility index (Phi) is 16.6. The fraction of sp³-hybridized carbons (Fsp3) is 1.00. The van der Waals surface area contributed by atoms with Crippen LogP contribution in [0.4, 0.5) is 0 Å². The van der Waals surface area contributed by atoms with Gasteiger partial charge in [-0.2, -0.15) is 0 Å².